The zero-order chi connectivity index (χ0) is 21.0. The number of amidine groups is 1. The summed E-state index contributed by atoms with van der Waals surface area (Å²) in [6.45, 7) is 6.80. The van der Waals surface area contributed by atoms with Gasteiger partial charge in [-0.05, 0) is 76.2 Å². The van der Waals surface area contributed by atoms with Gasteiger partial charge in [-0.3, -0.25) is 9.79 Å². The summed E-state index contributed by atoms with van der Waals surface area (Å²) in [6.07, 6.45) is 4.30. The van der Waals surface area contributed by atoms with E-state index in [1.165, 1.54) is 18.4 Å². The van der Waals surface area contributed by atoms with Gasteiger partial charge in [0.15, 0.2) is 11.8 Å². The number of primary amides is 1. The minimum Gasteiger partial charge on any atom is -0.369 e. The topological polar surface area (TPSA) is 135 Å². The third-order valence-corrected chi connectivity index (χ3v) is 5.60. The van der Waals surface area contributed by atoms with Crippen molar-refractivity contribution in [2.75, 3.05) is 18.4 Å². The van der Waals surface area contributed by atoms with Crippen LogP contribution in [-0.2, 0) is 4.79 Å². The van der Waals surface area contributed by atoms with Crippen molar-refractivity contribution in [3.8, 4) is 0 Å². The molecule has 8 heteroatoms. The van der Waals surface area contributed by atoms with E-state index in [9.17, 15) is 4.79 Å². The molecule has 2 fully saturated rings. The first kappa shape index (κ1) is 21.3. The van der Waals surface area contributed by atoms with Crippen LogP contribution in [0.1, 0.15) is 51.0 Å². The van der Waals surface area contributed by atoms with Crippen molar-refractivity contribution in [3.05, 3.63) is 29.8 Å². The van der Waals surface area contributed by atoms with E-state index < -0.39 is 11.9 Å². The highest BCUT2D eigenvalue weighted by Gasteiger charge is 2.25. The summed E-state index contributed by atoms with van der Waals surface area (Å²) in [5.41, 5.74) is 19.3. The summed E-state index contributed by atoms with van der Waals surface area (Å²) < 4.78 is 0. The van der Waals surface area contributed by atoms with Gasteiger partial charge in [0.2, 0.25) is 5.91 Å². The quantitative estimate of drug-likeness (QED) is 0.423. The molecule has 1 atom stereocenters. The van der Waals surface area contributed by atoms with Crippen LogP contribution in [0.15, 0.2) is 34.3 Å². The third kappa shape index (κ3) is 6.01. The molecular weight excluding hydrogens is 366 g/mol. The van der Waals surface area contributed by atoms with Crippen molar-refractivity contribution in [2.24, 2.45) is 27.2 Å². The van der Waals surface area contributed by atoms with Gasteiger partial charge in [-0.25, -0.2) is 0 Å². The zero-order valence-corrected chi connectivity index (χ0v) is 17.3. The van der Waals surface area contributed by atoms with Crippen LogP contribution in [-0.4, -0.2) is 53.8 Å². The zero-order valence-electron chi connectivity index (χ0n) is 17.3. The number of hydrogen-bond donors (Lipinski definition) is 4. The number of benzene rings is 1. The van der Waals surface area contributed by atoms with Gasteiger partial charge in [-0.2, -0.15) is 4.99 Å². The number of nitrogens with zero attached hydrogens (tertiary/aromatic N) is 3. The van der Waals surface area contributed by atoms with Crippen LogP contribution in [0, 0.1) is 0 Å². The largest absolute Gasteiger partial charge is 0.369 e. The first-order valence-corrected chi connectivity index (χ1v) is 10.4. The van der Waals surface area contributed by atoms with Crippen LogP contribution in [0.4, 0.5) is 5.69 Å². The molecule has 1 amide bonds. The van der Waals surface area contributed by atoms with Crippen LogP contribution < -0.4 is 22.5 Å². The van der Waals surface area contributed by atoms with Gasteiger partial charge in [0, 0.05) is 11.7 Å². The summed E-state index contributed by atoms with van der Waals surface area (Å²) in [5.74, 6) is 0.238. The number of aliphatic imine (C=N–C) groups is 2. The first-order valence-electron chi connectivity index (χ1n) is 10.4. The molecule has 1 saturated carbocycles. The standard InChI is InChI=1S/C21H33N7O/c1-13(2)28-11-9-15(10-12-28)14-3-5-17(6-4-14)26-21(24)27-20(18(22)19(23)29)25-16-7-8-16/h3-6,13,15-16,18H,7-12,22H2,1-2H3,(H2,23,29)(H3,24,25,26,27). The molecule has 3 rings (SSSR count). The van der Waals surface area contributed by atoms with Crippen molar-refractivity contribution in [2.45, 2.75) is 63.6 Å². The highest BCUT2D eigenvalue weighted by Crippen LogP contribution is 2.29. The molecule has 0 bridgehead atoms. The highest BCUT2D eigenvalue weighted by molar-refractivity contribution is 6.12. The van der Waals surface area contributed by atoms with E-state index in [1.54, 1.807) is 0 Å². The molecule has 1 aromatic rings. The molecule has 1 heterocycles. The van der Waals surface area contributed by atoms with Crippen molar-refractivity contribution >= 4 is 23.4 Å². The smallest absolute Gasteiger partial charge is 0.242 e. The van der Waals surface area contributed by atoms with Gasteiger partial charge < -0.3 is 27.4 Å². The first-order chi connectivity index (χ1) is 13.8. The van der Waals surface area contributed by atoms with E-state index in [0.717, 1.165) is 31.6 Å². The summed E-state index contributed by atoms with van der Waals surface area (Å²) in [7, 11) is 0. The Bertz CT molecular complexity index is 760. The van der Waals surface area contributed by atoms with E-state index in [1.807, 2.05) is 12.1 Å². The summed E-state index contributed by atoms with van der Waals surface area (Å²) in [6, 6.07) is 7.99. The number of amides is 1. The average Bonchev–Trinajstić information content (AvgIpc) is 3.51. The van der Waals surface area contributed by atoms with Gasteiger partial charge in [0.1, 0.15) is 6.04 Å². The van der Waals surface area contributed by atoms with E-state index in [4.69, 9.17) is 17.2 Å². The van der Waals surface area contributed by atoms with E-state index in [-0.39, 0.29) is 17.8 Å². The lowest BCUT2D eigenvalue weighted by Crippen LogP contribution is -2.43. The number of hydrogen-bond acceptors (Lipinski definition) is 4. The molecule has 2 aliphatic rings. The second-order valence-corrected chi connectivity index (χ2v) is 8.25. The number of rotatable bonds is 6. The Labute approximate surface area is 172 Å². The predicted molar refractivity (Wildman–Crippen MR) is 118 cm³/mol. The Balaban J connectivity index is 1.61. The molecule has 29 heavy (non-hydrogen) atoms. The number of guanidine groups is 1. The Morgan fingerprint density at radius 3 is 2.24 bits per heavy atom. The fourth-order valence-corrected chi connectivity index (χ4v) is 3.58. The molecule has 1 aliphatic heterocycles. The summed E-state index contributed by atoms with van der Waals surface area (Å²) in [5, 5.41) is 3.04. The Hall–Kier alpha value is -2.45. The lowest BCUT2D eigenvalue weighted by Gasteiger charge is -2.34. The van der Waals surface area contributed by atoms with Crippen molar-refractivity contribution < 1.29 is 4.79 Å². The summed E-state index contributed by atoms with van der Waals surface area (Å²) >= 11 is 0. The van der Waals surface area contributed by atoms with E-state index in [0.29, 0.717) is 12.0 Å². The molecule has 8 nitrogen and oxygen atoms in total. The molecule has 1 unspecified atom stereocenters. The van der Waals surface area contributed by atoms with Crippen LogP contribution >= 0.6 is 0 Å². The van der Waals surface area contributed by atoms with Gasteiger partial charge in [-0.15, -0.1) is 0 Å². The molecule has 1 aliphatic carbocycles. The van der Waals surface area contributed by atoms with Gasteiger partial charge in [0.25, 0.3) is 0 Å². The summed E-state index contributed by atoms with van der Waals surface area (Å²) in [4.78, 5) is 22.5. The van der Waals surface area contributed by atoms with Crippen LogP contribution in [0.25, 0.3) is 0 Å². The van der Waals surface area contributed by atoms with Crippen molar-refractivity contribution in [3.63, 3.8) is 0 Å². The monoisotopic (exact) mass is 399 g/mol. The fourth-order valence-electron chi connectivity index (χ4n) is 3.58. The Morgan fingerprint density at radius 2 is 1.72 bits per heavy atom. The number of carbonyl (C=O) groups excluding carboxylic acids is 1. The average molecular weight is 400 g/mol. The maximum atomic E-state index is 11.4. The molecule has 0 spiro atoms. The van der Waals surface area contributed by atoms with Crippen molar-refractivity contribution in [1.82, 2.24) is 4.90 Å². The number of carbonyl (C=O) groups is 1. The highest BCUT2D eigenvalue weighted by atomic mass is 16.1. The van der Waals surface area contributed by atoms with E-state index >= 15 is 0 Å². The SMILES string of the molecule is CC(C)N1CCC(c2ccc(NC(N)=NC(=NC3CC3)C(N)C(N)=O)cc2)CC1. The molecule has 7 N–H and O–H groups in total. The number of anilines is 1. The minimum absolute atomic E-state index is 0.138. The number of nitrogens with one attached hydrogen (secondary N) is 1. The van der Waals surface area contributed by atoms with Crippen LogP contribution in [0.2, 0.25) is 0 Å². The second kappa shape index (κ2) is 9.37. The second-order valence-electron chi connectivity index (χ2n) is 8.25. The lowest BCUT2D eigenvalue weighted by atomic mass is 9.89. The molecule has 1 aromatic carbocycles. The molecular formula is C21H33N7O. The normalized spacial score (nSPS) is 20.7. The van der Waals surface area contributed by atoms with Crippen LogP contribution in [0.3, 0.4) is 0 Å². The van der Waals surface area contributed by atoms with Gasteiger partial charge in [-0.1, -0.05) is 12.1 Å². The lowest BCUT2D eigenvalue weighted by molar-refractivity contribution is -0.117. The predicted octanol–water partition coefficient (Wildman–Crippen LogP) is 1.37. The Morgan fingerprint density at radius 1 is 1.10 bits per heavy atom. The number of likely N-dealkylation sites (tertiary alicyclic amines) is 1. The number of nitrogens with two attached hydrogens (primary N) is 3. The number of piperidine rings is 1. The van der Waals surface area contributed by atoms with Crippen molar-refractivity contribution in [1.29, 1.82) is 0 Å². The fraction of sp³-hybridized carbons (Fsp3) is 0.571. The Kier molecular flexibility index (Phi) is 6.87. The molecule has 158 valence electrons. The maximum Gasteiger partial charge on any atom is 0.242 e. The third-order valence-electron chi connectivity index (χ3n) is 5.60. The maximum absolute atomic E-state index is 11.4. The molecule has 0 aromatic heterocycles. The van der Waals surface area contributed by atoms with Gasteiger partial charge >= 0.3 is 0 Å². The minimum atomic E-state index is -1.06. The van der Waals surface area contributed by atoms with Gasteiger partial charge in [0.05, 0.1) is 6.04 Å². The molecule has 1 saturated heterocycles. The van der Waals surface area contributed by atoms with E-state index in [2.05, 4.69) is 46.2 Å². The molecule has 0 radical (unpaired) electrons. The van der Waals surface area contributed by atoms with Crippen LogP contribution in [0.5, 0.6) is 0 Å².